The highest BCUT2D eigenvalue weighted by Crippen LogP contribution is 2.39. The summed E-state index contributed by atoms with van der Waals surface area (Å²) in [6.07, 6.45) is 2.22. The Morgan fingerprint density at radius 2 is 2.05 bits per heavy atom. The fourth-order valence-electron chi connectivity index (χ4n) is 2.32. The molecule has 2 rings (SSSR count). The van der Waals surface area contributed by atoms with Crippen molar-refractivity contribution in [3.8, 4) is 5.75 Å². The van der Waals surface area contributed by atoms with Crippen molar-refractivity contribution < 1.29 is 14.2 Å². The van der Waals surface area contributed by atoms with Crippen LogP contribution in [-0.2, 0) is 9.47 Å². The summed E-state index contributed by atoms with van der Waals surface area (Å²) in [6, 6.07) is 6.28. The molecule has 112 valence electrons. The molecule has 5 heteroatoms. The number of ether oxygens (including phenoxy) is 3. The van der Waals surface area contributed by atoms with Crippen molar-refractivity contribution in [2.45, 2.75) is 17.7 Å². The summed E-state index contributed by atoms with van der Waals surface area (Å²) in [4.78, 5) is 0.371. The molecule has 0 bridgehead atoms. The highest BCUT2D eigenvalue weighted by Gasteiger charge is 2.23. The molecule has 1 aromatic rings. The molecule has 0 amide bonds. The first-order valence-corrected chi connectivity index (χ1v) is 8.56. The first-order chi connectivity index (χ1) is 9.72. The molecule has 1 fully saturated rings. The molecule has 0 saturated carbocycles. The van der Waals surface area contributed by atoms with Gasteiger partial charge < -0.3 is 14.2 Å². The van der Waals surface area contributed by atoms with E-state index in [0.29, 0.717) is 24.0 Å². The zero-order valence-corrected chi connectivity index (χ0v) is 14.8. The average molecular weight is 408 g/mol. The van der Waals surface area contributed by atoms with E-state index in [1.165, 1.54) is 5.56 Å². The van der Waals surface area contributed by atoms with Crippen LogP contribution >= 0.6 is 31.9 Å². The third-order valence-electron chi connectivity index (χ3n) is 3.50. The molecule has 1 heterocycles. The van der Waals surface area contributed by atoms with Crippen molar-refractivity contribution in [2.24, 2.45) is 5.92 Å². The van der Waals surface area contributed by atoms with Gasteiger partial charge in [0.2, 0.25) is 0 Å². The molecule has 0 radical (unpaired) electrons. The van der Waals surface area contributed by atoms with E-state index in [9.17, 15) is 0 Å². The molecule has 1 unspecified atom stereocenters. The minimum atomic E-state index is 0.371. The van der Waals surface area contributed by atoms with Crippen molar-refractivity contribution in [2.75, 3.05) is 33.5 Å². The molecule has 0 aliphatic carbocycles. The normalized spacial score (nSPS) is 17.9. The minimum absolute atomic E-state index is 0.371. The van der Waals surface area contributed by atoms with E-state index >= 15 is 0 Å². The maximum Gasteiger partial charge on any atom is 0.133 e. The van der Waals surface area contributed by atoms with E-state index in [1.54, 1.807) is 7.11 Å². The standard InChI is InChI=1S/C15H20Br2O3/c1-18-8-9-20-14-3-2-12(10-13(14)16)15(17)11-4-6-19-7-5-11/h2-3,10-11,15H,4-9H2,1H3. The first kappa shape index (κ1) is 16.3. The van der Waals surface area contributed by atoms with Gasteiger partial charge in [0.15, 0.2) is 0 Å². The highest BCUT2D eigenvalue weighted by atomic mass is 79.9. The number of hydrogen-bond acceptors (Lipinski definition) is 3. The summed E-state index contributed by atoms with van der Waals surface area (Å²) in [7, 11) is 1.67. The van der Waals surface area contributed by atoms with Gasteiger partial charge in [-0.3, -0.25) is 0 Å². The van der Waals surface area contributed by atoms with Gasteiger partial charge in [-0.25, -0.2) is 0 Å². The highest BCUT2D eigenvalue weighted by molar-refractivity contribution is 9.10. The van der Waals surface area contributed by atoms with Crippen LogP contribution in [0.15, 0.2) is 22.7 Å². The van der Waals surface area contributed by atoms with Crippen LogP contribution in [0.3, 0.4) is 0 Å². The molecule has 3 nitrogen and oxygen atoms in total. The van der Waals surface area contributed by atoms with Gasteiger partial charge in [0.05, 0.1) is 11.1 Å². The Morgan fingerprint density at radius 3 is 2.70 bits per heavy atom. The fraction of sp³-hybridized carbons (Fsp3) is 0.600. The summed E-state index contributed by atoms with van der Waals surface area (Å²) >= 11 is 7.41. The van der Waals surface area contributed by atoms with Gasteiger partial charge >= 0.3 is 0 Å². The van der Waals surface area contributed by atoms with Crippen LogP contribution in [-0.4, -0.2) is 33.5 Å². The number of alkyl halides is 1. The average Bonchev–Trinajstić information content (AvgIpc) is 2.49. The van der Waals surface area contributed by atoms with Gasteiger partial charge in [0.25, 0.3) is 0 Å². The van der Waals surface area contributed by atoms with E-state index in [-0.39, 0.29) is 0 Å². The molecule has 0 aromatic heterocycles. The summed E-state index contributed by atoms with van der Waals surface area (Å²) in [6.45, 7) is 2.89. The predicted molar refractivity (Wildman–Crippen MR) is 86.7 cm³/mol. The van der Waals surface area contributed by atoms with Crippen LogP contribution in [0.1, 0.15) is 23.2 Å². The summed E-state index contributed by atoms with van der Waals surface area (Å²) in [5.41, 5.74) is 1.28. The van der Waals surface area contributed by atoms with E-state index in [4.69, 9.17) is 14.2 Å². The predicted octanol–water partition coefficient (Wildman–Crippen LogP) is 4.34. The Balaban J connectivity index is 1.99. The Labute approximate surface area is 137 Å². The molecular formula is C15H20Br2O3. The zero-order valence-electron chi connectivity index (χ0n) is 11.6. The largest absolute Gasteiger partial charge is 0.490 e. The van der Waals surface area contributed by atoms with Crippen molar-refractivity contribution in [1.82, 2.24) is 0 Å². The van der Waals surface area contributed by atoms with Crippen LogP contribution in [0.2, 0.25) is 0 Å². The van der Waals surface area contributed by atoms with Gasteiger partial charge in [0, 0.05) is 25.2 Å². The molecule has 0 N–H and O–H groups in total. The topological polar surface area (TPSA) is 27.7 Å². The second-order valence-electron chi connectivity index (χ2n) is 4.88. The number of rotatable bonds is 6. The summed E-state index contributed by atoms with van der Waals surface area (Å²) < 4.78 is 17.0. The Morgan fingerprint density at radius 1 is 1.30 bits per heavy atom. The Hall–Kier alpha value is -0.100. The SMILES string of the molecule is COCCOc1ccc(C(Br)C2CCOCC2)cc1Br. The Bertz CT molecular complexity index is 420. The fourth-order valence-corrected chi connectivity index (χ4v) is 3.65. The molecular weight excluding hydrogens is 388 g/mol. The van der Waals surface area contributed by atoms with Crippen LogP contribution in [0.4, 0.5) is 0 Å². The molecule has 20 heavy (non-hydrogen) atoms. The van der Waals surface area contributed by atoms with Gasteiger partial charge in [0.1, 0.15) is 12.4 Å². The van der Waals surface area contributed by atoms with Crippen LogP contribution in [0.25, 0.3) is 0 Å². The maximum absolute atomic E-state index is 5.65. The van der Waals surface area contributed by atoms with Crippen LogP contribution in [0, 0.1) is 5.92 Å². The number of hydrogen-bond donors (Lipinski definition) is 0. The van der Waals surface area contributed by atoms with Gasteiger partial charge in [-0.2, -0.15) is 0 Å². The zero-order chi connectivity index (χ0) is 14.4. The lowest BCUT2D eigenvalue weighted by molar-refractivity contribution is 0.0662. The molecule has 1 aliphatic heterocycles. The van der Waals surface area contributed by atoms with Crippen LogP contribution < -0.4 is 4.74 Å². The third-order valence-corrected chi connectivity index (χ3v) is 5.40. The monoisotopic (exact) mass is 406 g/mol. The number of halogens is 2. The van der Waals surface area contributed by atoms with Gasteiger partial charge in [-0.15, -0.1) is 0 Å². The molecule has 1 aliphatic rings. The lowest BCUT2D eigenvalue weighted by atomic mass is 9.92. The van der Waals surface area contributed by atoms with E-state index in [2.05, 4.69) is 44.0 Å². The van der Waals surface area contributed by atoms with Gasteiger partial charge in [-0.1, -0.05) is 22.0 Å². The van der Waals surface area contributed by atoms with Crippen molar-refractivity contribution in [1.29, 1.82) is 0 Å². The number of benzene rings is 1. The van der Waals surface area contributed by atoms with Crippen molar-refractivity contribution in [3.05, 3.63) is 28.2 Å². The van der Waals surface area contributed by atoms with Crippen LogP contribution in [0.5, 0.6) is 5.75 Å². The quantitative estimate of drug-likeness (QED) is 0.518. The Kier molecular flexibility index (Phi) is 6.81. The smallest absolute Gasteiger partial charge is 0.133 e. The molecule has 1 saturated heterocycles. The van der Waals surface area contributed by atoms with Crippen molar-refractivity contribution in [3.63, 3.8) is 0 Å². The first-order valence-electron chi connectivity index (χ1n) is 6.85. The van der Waals surface area contributed by atoms with E-state index < -0.39 is 0 Å². The lowest BCUT2D eigenvalue weighted by Gasteiger charge is -2.27. The summed E-state index contributed by atoms with van der Waals surface area (Å²) in [5, 5.41) is 0. The maximum atomic E-state index is 5.65. The van der Waals surface area contributed by atoms with E-state index in [0.717, 1.165) is 36.3 Å². The second kappa shape index (κ2) is 8.37. The lowest BCUT2D eigenvalue weighted by Crippen LogP contribution is -2.19. The minimum Gasteiger partial charge on any atom is -0.490 e. The van der Waals surface area contributed by atoms with Gasteiger partial charge in [-0.05, 0) is 52.4 Å². The molecule has 1 atom stereocenters. The second-order valence-corrected chi connectivity index (χ2v) is 6.72. The summed E-state index contributed by atoms with van der Waals surface area (Å²) in [5.74, 6) is 1.49. The van der Waals surface area contributed by atoms with E-state index in [1.807, 2.05) is 6.07 Å². The third kappa shape index (κ3) is 4.45. The number of methoxy groups -OCH3 is 1. The van der Waals surface area contributed by atoms with Crippen molar-refractivity contribution >= 4 is 31.9 Å². The molecule has 1 aromatic carbocycles. The molecule has 0 spiro atoms.